The summed E-state index contributed by atoms with van der Waals surface area (Å²) in [7, 11) is 0. The summed E-state index contributed by atoms with van der Waals surface area (Å²) in [6.45, 7) is 13.3. The van der Waals surface area contributed by atoms with Crippen molar-refractivity contribution in [1.82, 2.24) is 20.1 Å². The lowest BCUT2D eigenvalue weighted by molar-refractivity contribution is -0.162. The average molecular weight is 513 g/mol. The molecular formula is C32H40N4O2. The number of aromatic nitrogens is 1. The molecule has 4 heterocycles. The molecule has 3 aromatic rings. The molecule has 1 aromatic heterocycles. The first-order valence-electron chi connectivity index (χ1n) is 14.0. The zero-order valence-corrected chi connectivity index (χ0v) is 23.5. The minimum absolute atomic E-state index is 0.0333. The van der Waals surface area contributed by atoms with Crippen molar-refractivity contribution in [1.29, 1.82) is 0 Å². The van der Waals surface area contributed by atoms with Crippen molar-refractivity contribution < 1.29 is 9.59 Å². The Balaban J connectivity index is 1.44. The summed E-state index contributed by atoms with van der Waals surface area (Å²) in [5.41, 5.74) is 5.35. The van der Waals surface area contributed by atoms with Crippen LogP contribution < -0.4 is 5.32 Å². The minimum atomic E-state index is -0.501. The molecule has 0 saturated carbocycles. The zero-order chi connectivity index (χ0) is 27.0. The number of para-hydroxylation sites is 1. The quantitative estimate of drug-likeness (QED) is 0.501. The SMILES string of the molecule is CC(C)c1ccc([C@@H]2c3[nH]c4ccccc4c3C[C@@H]3C(=O)N(C4CC(C)(C)NC(C)(C)C4)CC(=O)N23)cc1. The van der Waals surface area contributed by atoms with Gasteiger partial charge in [-0.1, -0.05) is 56.3 Å². The highest BCUT2D eigenvalue weighted by Gasteiger charge is 2.51. The van der Waals surface area contributed by atoms with Crippen LogP contribution in [0.2, 0.25) is 0 Å². The first-order chi connectivity index (χ1) is 17.9. The number of carbonyl (C=O) groups is 2. The summed E-state index contributed by atoms with van der Waals surface area (Å²) in [6, 6.07) is 16.1. The predicted octanol–water partition coefficient (Wildman–Crippen LogP) is 5.29. The standard InChI is InChI=1S/C32H40N4O2/c1-19(2)20-11-13-21(14-12-20)29-28-24(23-9-7-8-10-25(23)33-28)15-26-30(38)35(18-27(37)36(26)29)22-16-31(3,4)34-32(5,6)17-22/h7-14,19,22,26,29,33-34H,15-18H2,1-6H3/t26-,29-/m1/s1. The lowest BCUT2D eigenvalue weighted by Crippen LogP contribution is -2.69. The van der Waals surface area contributed by atoms with Crippen LogP contribution in [0.4, 0.5) is 0 Å². The molecule has 3 aliphatic rings. The van der Waals surface area contributed by atoms with Gasteiger partial charge >= 0.3 is 0 Å². The maximum Gasteiger partial charge on any atom is 0.246 e. The maximum absolute atomic E-state index is 14.3. The van der Waals surface area contributed by atoms with Gasteiger partial charge in [-0.25, -0.2) is 0 Å². The van der Waals surface area contributed by atoms with E-state index in [1.807, 2.05) is 15.9 Å². The lowest BCUT2D eigenvalue weighted by atomic mass is 9.78. The number of hydrogen-bond donors (Lipinski definition) is 2. The van der Waals surface area contributed by atoms with E-state index in [9.17, 15) is 9.59 Å². The fourth-order valence-corrected chi connectivity index (χ4v) is 7.49. The van der Waals surface area contributed by atoms with Gasteiger partial charge in [0.05, 0.1) is 6.04 Å². The number of carbonyl (C=O) groups excluding carboxylic acids is 2. The summed E-state index contributed by atoms with van der Waals surface area (Å²) in [4.78, 5) is 35.8. The van der Waals surface area contributed by atoms with Crippen molar-refractivity contribution in [2.24, 2.45) is 0 Å². The van der Waals surface area contributed by atoms with Crippen LogP contribution in [0.3, 0.4) is 0 Å². The van der Waals surface area contributed by atoms with E-state index in [2.05, 4.69) is 94.3 Å². The Morgan fingerprint density at radius 1 is 0.921 bits per heavy atom. The molecule has 38 heavy (non-hydrogen) atoms. The van der Waals surface area contributed by atoms with E-state index in [1.54, 1.807) is 0 Å². The molecular weight excluding hydrogens is 472 g/mol. The van der Waals surface area contributed by atoms with Gasteiger partial charge in [-0.2, -0.15) is 0 Å². The number of fused-ring (bicyclic) bond motifs is 4. The molecule has 2 aromatic carbocycles. The number of nitrogens with zero attached hydrogens (tertiary/aromatic N) is 2. The van der Waals surface area contributed by atoms with Gasteiger partial charge in [-0.05, 0) is 69.2 Å². The van der Waals surface area contributed by atoms with Crippen LogP contribution in [0, 0.1) is 0 Å². The van der Waals surface area contributed by atoms with Gasteiger partial charge in [0.2, 0.25) is 11.8 Å². The van der Waals surface area contributed by atoms with Gasteiger partial charge in [0.25, 0.3) is 0 Å². The van der Waals surface area contributed by atoms with Crippen molar-refractivity contribution >= 4 is 22.7 Å². The van der Waals surface area contributed by atoms with E-state index < -0.39 is 6.04 Å². The number of amides is 2. The Kier molecular flexibility index (Phi) is 5.76. The van der Waals surface area contributed by atoms with Gasteiger partial charge in [-0.15, -0.1) is 0 Å². The summed E-state index contributed by atoms with van der Waals surface area (Å²) in [5, 5.41) is 4.86. The normalized spacial score (nSPS) is 25.1. The topological polar surface area (TPSA) is 68.4 Å². The van der Waals surface area contributed by atoms with Crippen LogP contribution in [0.1, 0.15) is 88.7 Å². The van der Waals surface area contributed by atoms with Crippen molar-refractivity contribution in [3.63, 3.8) is 0 Å². The first kappa shape index (κ1) is 25.2. The van der Waals surface area contributed by atoms with Gasteiger partial charge in [0, 0.05) is 40.1 Å². The third-order valence-electron chi connectivity index (χ3n) is 8.82. The Morgan fingerprint density at radius 3 is 2.24 bits per heavy atom. The minimum Gasteiger partial charge on any atom is -0.356 e. The number of aromatic amines is 1. The zero-order valence-electron chi connectivity index (χ0n) is 23.5. The third-order valence-corrected chi connectivity index (χ3v) is 8.82. The molecule has 0 radical (unpaired) electrons. The summed E-state index contributed by atoms with van der Waals surface area (Å²) in [5.74, 6) is 0.547. The second-order valence-electron chi connectivity index (χ2n) is 13.2. The number of nitrogens with one attached hydrogen (secondary N) is 2. The van der Waals surface area contributed by atoms with Crippen LogP contribution in [-0.4, -0.2) is 56.3 Å². The van der Waals surface area contributed by atoms with Crippen LogP contribution in [0.15, 0.2) is 48.5 Å². The molecule has 2 saturated heterocycles. The molecule has 2 fully saturated rings. The second-order valence-corrected chi connectivity index (χ2v) is 13.2. The van der Waals surface area contributed by atoms with Crippen molar-refractivity contribution in [3.8, 4) is 0 Å². The highest BCUT2D eigenvalue weighted by Crippen LogP contribution is 2.44. The van der Waals surface area contributed by atoms with E-state index >= 15 is 0 Å². The Morgan fingerprint density at radius 2 is 1.58 bits per heavy atom. The number of hydrogen-bond acceptors (Lipinski definition) is 3. The number of piperidine rings is 1. The van der Waals surface area contributed by atoms with Crippen LogP contribution >= 0.6 is 0 Å². The Labute approximate surface area is 225 Å². The molecule has 0 unspecified atom stereocenters. The van der Waals surface area contributed by atoms with Crippen LogP contribution in [-0.2, 0) is 16.0 Å². The molecule has 0 spiro atoms. The van der Waals surface area contributed by atoms with E-state index in [-0.39, 0.29) is 41.5 Å². The molecule has 2 N–H and O–H groups in total. The van der Waals surface area contributed by atoms with E-state index in [4.69, 9.17) is 0 Å². The fraction of sp³-hybridized carbons (Fsp3) is 0.500. The molecule has 2 amide bonds. The third kappa shape index (κ3) is 4.14. The summed E-state index contributed by atoms with van der Waals surface area (Å²) in [6.07, 6.45) is 2.21. The predicted molar refractivity (Wildman–Crippen MR) is 151 cm³/mol. The number of piperazine rings is 1. The highest BCUT2D eigenvalue weighted by molar-refractivity contribution is 5.98. The highest BCUT2D eigenvalue weighted by atomic mass is 16.2. The Bertz CT molecular complexity index is 1380. The van der Waals surface area contributed by atoms with Gasteiger partial charge < -0.3 is 20.1 Å². The van der Waals surface area contributed by atoms with Crippen LogP contribution in [0.5, 0.6) is 0 Å². The molecule has 3 aliphatic heterocycles. The van der Waals surface area contributed by atoms with Crippen molar-refractivity contribution in [2.75, 3.05) is 6.54 Å². The van der Waals surface area contributed by atoms with Gasteiger partial charge in [0.1, 0.15) is 12.6 Å². The summed E-state index contributed by atoms with van der Waals surface area (Å²) < 4.78 is 0. The number of H-pyrrole nitrogens is 1. The molecule has 6 heteroatoms. The van der Waals surface area contributed by atoms with Gasteiger partial charge in [-0.3, -0.25) is 9.59 Å². The molecule has 2 atom stereocenters. The molecule has 0 aliphatic carbocycles. The fourth-order valence-electron chi connectivity index (χ4n) is 7.49. The van der Waals surface area contributed by atoms with Crippen molar-refractivity contribution in [2.45, 2.75) is 95.9 Å². The Hall–Kier alpha value is -3.12. The molecule has 6 rings (SSSR count). The smallest absolute Gasteiger partial charge is 0.246 e. The second kappa shape index (κ2) is 8.70. The maximum atomic E-state index is 14.3. The average Bonchev–Trinajstić information content (AvgIpc) is 3.21. The van der Waals surface area contributed by atoms with E-state index in [0.29, 0.717) is 12.3 Å². The van der Waals surface area contributed by atoms with E-state index in [1.165, 1.54) is 5.56 Å². The largest absolute Gasteiger partial charge is 0.356 e. The molecule has 200 valence electrons. The van der Waals surface area contributed by atoms with Crippen molar-refractivity contribution in [3.05, 3.63) is 70.9 Å². The first-order valence-corrected chi connectivity index (χ1v) is 14.0. The number of benzene rings is 2. The summed E-state index contributed by atoms with van der Waals surface area (Å²) >= 11 is 0. The van der Waals surface area contributed by atoms with E-state index in [0.717, 1.165) is 40.6 Å². The van der Waals surface area contributed by atoms with Crippen LogP contribution in [0.25, 0.3) is 10.9 Å². The number of rotatable bonds is 3. The van der Waals surface area contributed by atoms with Gasteiger partial charge in [0.15, 0.2) is 0 Å². The molecule has 0 bridgehead atoms. The molecule has 6 nitrogen and oxygen atoms in total. The monoisotopic (exact) mass is 512 g/mol. The lowest BCUT2D eigenvalue weighted by Gasteiger charge is -2.53.